The number of aromatic nitrogens is 1. The zero-order valence-electron chi connectivity index (χ0n) is 9.90. The van der Waals surface area contributed by atoms with Crippen molar-refractivity contribution in [3.8, 4) is 5.75 Å². The van der Waals surface area contributed by atoms with Gasteiger partial charge in [-0.1, -0.05) is 0 Å². The Bertz CT molecular complexity index is 500. The van der Waals surface area contributed by atoms with Gasteiger partial charge in [0.1, 0.15) is 5.75 Å². The molecule has 0 spiro atoms. The molecule has 1 N–H and O–H groups in total. The van der Waals surface area contributed by atoms with Gasteiger partial charge < -0.3 is 14.4 Å². The second-order valence-corrected chi connectivity index (χ2v) is 3.91. The first kappa shape index (κ1) is 11.0. The Morgan fingerprint density at radius 3 is 2.69 bits per heavy atom. The molecule has 3 nitrogen and oxygen atoms in total. The summed E-state index contributed by atoms with van der Waals surface area (Å²) in [5, 5.41) is 10.8. The fourth-order valence-electron chi connectivity index (χ4n) is 2.10. The van der Waals surface area contributed by atoms with Gasteiger partial charge in [0, 0.05) is 23.1 Å². The van der Waals surface area contributed by atoms with Gasteiger partial charge in [0.05, 0.1) is 13.2 Å². The minimum atomic E-state index is -0.446. The molecular formula is C13H17NO2. The molecule has 1 unspecified atom stereocenters. The van der Waals surface area contributed by atoms with Crippen molar-refractivity contribution >= 4 is 10.9 Å². The topological polar surface area (TPSA) is 34.4 Å². The lowest BCUT2D eigenvalue weighted by molar-refractivity contribution is 0.190. The van der Waals surface area contributed by atoms with Crippen molar-refractivity contribution in [2.24, 2.45) is 0 Å². The lowest BCUT2D eigenvalue weighted by Crippen LogP contribution is -2.03. The van der Waals surface area contributed by atoms with E-state index in [1.165, 1.54) is 0 Å². The summed E-state index contributed by atoms with van der Waals surface area (Å²) in [6.45, 7) is 4.73. The summed E-state index contributed by atoms with van der Waals surface area (Å²) in [4.78, 5) is 0. The maximum atomic E-state index is 9.71. The third-order valence-electron chi connectivity index (χ3n) is 2.88. The van der Waals surface area contributed by atoms with Gasteiger partial charge in [-0.2, -0.15) is 0 Å². The van der Waals surface area contributed by atoms with Crippen LogP contribution in [0, 0.1) is 0 Å². The fourth-order valence-corrected chi connectivity index (χ4v) is 2.10. The van der Waals surface area contributed by atoms with Crippen molar-refractivity contribution in [1.29, 1.82) is 0 Å². The average Bonchev–Trinajstić information content (AvgIpc) is 2.66. The van der Waals surface area contributed by atoms with E-state index in [0.717, 1.165) is 28.9 Å². The summed E-state index contributed by atoms with van der Waals surface area (Å²) in [7, 11) is 1.66. The van der Waals surface area contributed by atoms with Gasteiger partial charge in [-0.15, -0.1) is 0 Å². The summed E-state index contributed by atoms with van der Waals surface area (Å²) in [5.41, 5.74) is 2.09. The van der Waals surface area contributed by atoms with Gasteiger partial charge in [-0.25, -0.2) is 0 Å². The highest BCUT2D eigenvalue weighted by Gasteiger charge is 2.11. The van der Waals surface area contributed by atoms with Crippen LogP contribution < -0.4 is 4.74 Å². The van der Waals surface area contributed by atoms with Crippen LogP contribution in [0.15, 0.2) is 24.3 Å². The second kappa shape index (κ2) is 4.18. The fraction of sp³-hybridized carbons (Fsp3) is 0.385. The van der Waals surface area contributed by atoms with E-state index in [1.807, 2.05) is 24.3 Å². The van der Waals surface area contributed by atoms with E-state index in [4.69, 9.17) is 4.74 Å². The summed E-state index contributed by atoms with van der Waals surface area (Å²) >= 11 is 0. The molecule has 0 fully saturated rings. The first-order chi connectivity index (χ1) is 7.67. The van der Waals surface area contributed by atoms with E-state index in [1.54, 1.807) is 14.0 Å². The minimum Gasteiger partial charge on any atom is -0.497 e. The van der Waals surface area contributed by atoms with Crippen LogP contribution in [-0.2, 0) is 6.54 Å². The van der Waals surface area contributed by atoms with Crippen molar-refractivity contribution < 1.29 is 9.84 Å². The quantitative estimate of drug-likeness (QED) is 0.861. The standard InChI is InChI=1S/C13H17NO2/c1-4-14-12-6-5-11(16-3)7-10(12)8-13(14)9(2)15/h5-9,15H,4H2,1-3H3. The number of aryl methyl sites for hydroxylation is 1. The number of fused-ring (bicyclic) bond motifs is 1. The van der Waals surface area contributed by atoms with Gasteiger partial charge in [0.25, 0.3) is 0 Å². The van der Waals surface area contributed by atoms with Gasteiger partial charge in [0.2, 0.25) is 0 Å². The summed E-state index contributed by atoms with van der Waals surface area (Å²) in [6.07, 6.45) is -0.446. The van der Waals surface area contributed by atoms with Crippen molar-refractivity contribution in [3.63, 3.8) is 0 Å². The van der Waals surface area contributed by atoms with Crippen LogP contribution in [0.3, 0.4) is 0 Å². The molecule has 1 aromatic carbocycles. The highest BCUT2D eigenvalue weighted by Crippen LogP contribution is 2.27. The largest absolute Gasteiger partial charge is 0.497 e. The zero-order chi connectivity index (χ0) is 11.7. The zero-order valence-corrected chi connectivity index (χ0v) is 9.90. The number of aliphatic hydroxyl groups excluding tert-OH is 1. The van der Waals surface area contributed by atoms with Gasteiger partial charge in [0.15, 0.2) is 0 Å². The van der Waals surface area contributed by atoms with Crippen molar-refractivity contribution in [3.05, 3.63) is 30.0 Å². The summed E-state index contributed by atoms with van der Waals surface area (Å²) < 4.78 is 7.32. The molecule has 0 radical (unpaired) electrons. The Morgan fingerprint density at radius 1 is 1.38 bits per heavy atom. The molecule has 0 aliphatic rings. The number of hydrogen-bond donors (Lipinski definition) is 1. The van der Waals surface area contributed by atoms with E-state index in [9.17, 15) is 5.11 Å². The van der Waals surface area contributed by atoms with Crippen LogP contribution >= 0.6 is 0 Å². The smallest absolute Gasteiger partial charge is 0.119 e. The molecule has 2 aromatic rings. The Kier molecular flexibility index (Phi) is 2.88. The van der Waals surface area contributed by atoms with Gasteiger partial charge in [-0.05, 0) is 38.1 Å². The molecule has 86 valence electrons. The van der Waals surface area contributed by atoms with Crippen LogP contribution in [0.1, 0.15) is 25.6 Å². The number of nitrogens with zero attached hydrogens (tertiary/aromatic N) is 1. The average molecular weight is 219 g/mol. The predicted octanol–water partition coefficient (Wildman–Crippen LogP) is 2.72. The lowest BCUT2D eigenvalue weighted by atomic mass is 10.2. The number of hydrogen-bond acceptors (Lipinski definition) is 2. The Morgan fingerprint density at radius 2 is 2.12 bits per heavy atom. The highest BCUT2D eigenvalue weighted by molar-refractivity contribution is 5.83. The molecule has 2 rings (SSSR count). The lowest BCUT2D eigenvalue weighted by Gasteiger charge is -2.09. The van der Waals surface area contributed by atoms with Crippen LogP contribution in [0.2, 0.25) is 0 Å². The molecule has 1 aromatic heterocycles. The molecule has 1 heterocycles. The van der Waals surface area contributed by atoms with Gasteiger partial charge >= 0.3 is 0 Å². The maximum Gasteiger partial charge on any atom is 0.119 e. The Balaban J connectivity index is 2.66. The molecule has 3 heteroatoms. The molecule has 16 heavy (non-hydrogen) atoms. The monoisotopic (exact) mass is 219 g/mol. The van der Waals surface area contributed by atoms with E-state index < -0.39 is 6.10 Å². The molecule has 0 amide bonds. The van der Waals surface area contributed by atoms with Crippen molar-refractivity contribution in [2.45, 2.75) is 26.5 Å². The minimum absolute atomic E-state index is 0.446. The molecule has 0 saturated heterocycles. The number of ether oxygens (including phenoxy) is 1. The number of aliphatic hydroxyl groups is 1. The highest BCUT2D eigenvalue weighted by atomic mass is 16.5. The number of benzene rings is 1. The molecule has 0 bridgehead atoms. The Labute approximate surface area is 95.3 Å². The number of rotatable bonds is 3. The van der Waals surface area contributed by atoms with E-state index in [0.29, 0.717) is 0 Å². The molecule has 0 saturated carbocycles. The van der Waals surface area contributed by atoms with E-state index in [-0.39, 0.29) is 0 Å². The second-order valence-electron chi connectivity index (χ2n) is 3.91. The predicted molar refractivity (Wildman–Crippen MR) is 64.8 cm³/mol. The molecular weight excluding hydrogens is 202 g/mol. The third kappa shape index (κ3) is 1.67. The Hall–Kier alpha value is -1.48. The maximum absolute atomic E-state index is 9.71. The van der Waals surface area contributed by atoms with E-state index in [2.05, 4.69) is 11.5 Å². The third-order valence-corrected chi connectivity index (χ3v) is 2.88. The van der Waals surface area contributed by atoms with Crippen LogP contribution in [0.4, 0.5) is 0 Å². The first-order valence-electron chi connectivity index (χ1n) is 5.52. The normalized spacial score (nSPS) is 13.0. The molecule has 0 aliphatic heterocycles. The van der Waals surface area contributed by atoms with Crippen molar-refractivity contribution in [2.75, 3.05) is 7.11 Å². The summed E-state index contributed by atoms with van der Waals surface area (Å²) in [5.74, 6) is 0.845. The molecule has 0 aliphatic carbocycles. The van der Waals surface area contributed by atoms with Crippen molar-refractivity contribution in [1.82, 2.24) is 4.57 Å². The first-order valence-corrected chi connectivity index (χ1v) is 5.52. The summed E-state index contributed by atoms with van der Waals surface area (Å²) in [6, 6.07) is 7.99. The number of methoxy groups -OCH3 is 1. The molecule has 1 atom stereocenters. The van der Waals surface area contributed by atoms with Gasteiger partial charge in [-0.3, -0.25) is 0 Å². The van der Waals surface area contributed by atoms with Crippen LogP contribution in [0.25, 0.3) is 10.9 Å². The SMILES string of the molecule is CCn1c(C(C)O)cc2cc(OC)ccc21. The van der Waals surface area contributed by atoms with E-state index >= 15 is 0 Å². The van der Waals surface area contributed by atoms with Crippen LogP contribution in [0.5, 0.6) is 5.75 Å². The van der Waals surface area contributed by atoms with Crippen LogP contribution in [-0.4, -0.2) is 16.8 Å².